The Morgan fingerprint density at radius 3 is 2.88 bits per heavy atom. The van der Waals surface area contributed by atoms with Crippen molar-refractivity contribution in [1.82, 2.24) is 0 Å². The van der Waals surface area contributed by atoms with Crippen molar-refractivity contribution >= 4 is 0 Å². The average molecular weight is 115 g/mol. The third-order valence-corrected chi connectivity index (χ3v) is 1.27. The highest BCUT2D eigenvalue weighted by Crippen LogP contribution is 2.16. The lowest BCUT2D eigenvalue weighted by Crippen LogP contribution is -2.07. The molecule has 1 aliphatic rings. The smallest absolute Gasteiger partial charge is 0.0834 e. The standard InChI is InChI=1S/C6H11O2/c1-2-5(7)3-6-4-8-6/h5-7H,1-4H2. The van der Waals surface area contributed by atoms with Crippen molar-refractivity contribution in [2.45, 2.75) is 25.0 Å². The van der Waals surface area contributed by atoms with Crippen LogP contribution in [0.1, 0.15) is 12.8 Å². The Labute approximate surface area is 49.5 Å². The summed E-state index contributed by atoms with van der Waals surface area (Å²) in [5, 5.41) is 8.93. The summed E-state index contributed by atoms with van der Waals surface area (Å²) >= 11 is 0. The summed E-state index contributed by atoms with van der Waals surface area (Å²) in [4.78, 5) is 0. The van der Waals surface area contributed by atoms with Gasteiger partial charge in [0.15, 0.2) is 0 Å². The second-order valence-electron chi connectivity index (χ2n) is 2.13. The van der Waals surface area contributed by atoms with Crippen LogP contribution in [0.5, 0.6) is 0 Å². The molecule has 2 heteroatoms. The van der Waals surface area contributed by atoms with Gasteiger partial charge in [0.2, 0.25) is 0 Å². The molecule has 0 amide bonds. The monoisotopic (exact) mass is 115 g/mol. The molecule has 8 heavy (non-hydrogen) atoms. The minimum Gasteiger partial charge on any atom is -0.393 e. The van der Waals surface area contributed by atoms with E-state index in [2.05, 4.69) is 6.92 Å². The van der Waals surface area contributed by atoms with Crippen LogP contribution in [-0.4, -0.2) is 23.9 Å². The third-order valence-electron chi connectivity index (χ3n) is 1.27. The first kappa shape index (κ1) is 6.05. The van der Waals surface area contributed by atoms with Gasteiger partial charge in [-0.2, -0.15) is 0 Å². The van der Waals surface area contributed by atoms with Crippen LogP contribution in [0.25, 0.3) is 0 Å². The normalized spacial score (nSPS) is 30.0. The van der Waals surface area contributed by atoms with E-state index in [0.717, 1.165) is 13.0 Å². The number of hydrogen-bond donors (Lipinski definition) is 1. The van der Waals surface area contributed by atoms with Crippen LogP contribution in [-0.2, 0) is 4.74 Å². The van der Waals surface area contributed by atoms with E-state index >= 15 is 0 Å². The van der Waals surface area contributed by atoms with Crippen LogP contribution in [0, 0.1) is 6.92 Å². The molecule has 0 spiro atoms. The van der Waals surface area contributed by atoms with E-state index in [1.54, 1.807) is 0 Å². The first-order valence-corrected chi connectivity index (χ1v) is 2.92. The van der Waals surface area contributed by atoms with E-state index in [1.165, 1.54) is 0 Å². The summed E-state index contributed by atoms with van der Waals surface area (Å²) in [7, 11) is 0. The summed E-state index contributed by atoms with van der Waals surface area (Å²) in [6, 6.07) is 0. The van der Waals surface area contributed by atoms with Crippen LogP contribution < -0.4 is 0 Å². The molecule has 2 unspecified atom stereocenters. The molecule has 0 bridgehead atoms. The Balaban J connectivity index is 1.98. The van der Waals surface area contributed by atoms with E-state index in [-0.39, 0.29) is 6.10 Å². The molecule has 2 nitrogen and oxygen atoms in total. The van der Waals surface area contributed by atoms with Gasteiger partial charge in [-0.25, -0.2) is 0 Å². The number of ether oxygens (including phenoxy) is 1. The van der Waals surface area contributed by atoms with Crippen molar-refractivity contribution in [2.24, 2.45) is 0 Å². The average Bonchev–Trinajstić information content (AvgIpc) is 2.50. The van der Waals surface area contributed by atoms with E-state index in [9.17, 15) is 0 Å². The lowest BCUT2D eigenvalue weighted by molar-refractivity contribution is 0.154. The van der Waals surface area contributed by atoms with Crippen LogP contribution in [0.4, 0.5) is 0 Å². The first-order valence-electron chi connectivity index (χ1n) is 2.92. The van der Waals surface area contributed by atoms with Crippen molar-refractivity contribution < 1.29 is 9.84 Å². The van der Waals surface area contributed by atoms with Gasteiger partial charge in [-0.1, -0.05) is 6.92 Å². The summed E-state index contributed by atoms with van der Waals surface area (Å²) in [6.45, 7) is 4.39. The minimum atomic E-state index is -0.248. The van der Waals surface area contributed by atoms with Crippen molar-refractivity contribution in [3.8, 4) is 0 Å². The molecule has 2 atom stereocenters. The Bertz CT molecular complexity index is 68.9. The van der Waals surface area contributed by atoms with Gasteiger partial charge in [0.1, 0.15) is 0 Å². The Morgan fingerprint density at radius 2 is 2.50 bits per heavy atom. The zero-order chi connectivity index (χ0) is 5.98. The SMILES string of the molecule is [CH2]CC(O)CC1CO1. The van der Waals surface area contributed by atoms with Gasteiger partial charge in [-0.05, 0) is 6.42 Å². The summed E-state index contributed by atoms with van der Waals surface area (Å²) < 4.78 is 4.89. The molecule has 0 aromatic heterocycles. The van der Waals surface area contributed by atoms with Crippen LogP contribution in [0.3, 0.4) is 0 Å². The molecule has 0 aromatic carbocycles. The van der Waals surface area contributed by atoms with Gasteiger partial charge in [-0.3, -0.25) is 0 Å². The number of rotatable bonds is 3. The fourth-order valence-electron chi connectivity index (χ4n) is 0.625. The highest BCUT2D eigenvalue weighted by Gasteiger charge is 2.24. The molecule has 1 saturated heterocycles. The summed E-state index contributed by atoms with van der Waals surface area (Å²) in [5.74, 6) is 0. The zero-order valence-corrected chi connectivity index (χ0v) is 4.84. The molecule has 1 fully saturated rings. The van der Waals surface area contributed by atoms with Gasteiger partial charge in [0.25, 0.3) is 0 Å². The fourth-order valence-corrected chi connectivity index (χ4v) is 0.625. The quantitative estimate of drug-likeness (QED) is 0.539. The van der Waals surface area contributed by atoms with E-state index in [0.29, 0.717) is 12.5 Å². The van der Waals surface area contributed by atoms with Gasteiger partial charge < -0.3 is 9.84 Å². The molecule has 0 aliphatic carbocycles. The van der Waals surface area contributed by atoms with Crippen molar-refractivity contribution in [3.63, 3.8) is 0 Å². The third kappa shape index (κ3) is 1.80. The fraction of sp³-hybridized carbons (Fsp3) is 0.833. The predicted molar refractivity (Wildman–Crippen MR) is 30.3 cm³/mol. The second kappa shape index (κ2) is 2.46. The van der Waals surface area contributed by atoms with Gasteiger partial charge in [-0.15, -0.1) is 0 Å². The number of hydrogen-bond acceptors (Lipinski definition) is 2. The molecule has 1 aliphatic heterocycles. The molecule has 1 rings (SSSR count). The second-order valence-corrected chi connectivity index (χ2v) is 2.13. The Hall–Kier alpha value is -0.0800. The maximum absolute atomic E-state index is 8.93. The molecule has 1 heterocycles. The number of aliphatic hydroxyl groups excluding tert-OH is 1. The maximum Gasteiger partial charge on any atom is 0.0834 e. The summed E-state index contributed by atoms with van der Waals surface area (Å²) in [5.41, 5.74) is 0. The van der Waals surface area contributed by atoms with Gasteiger partial charge in [0, 0.05) is 6.42 Å². The Morgan fingerprint density at radius 1 is 1.88 bits per heavy atom. The van der Waals surface area contributed by atoms with E-state index in [4.69, 9.17) is 9.84 Å². The van der Waals surface area contributed by atoms with Crippen molar-refractivity contribution in [3.05, 3.63) is 6.92 Å². The van der Waals surface area contributed by atoms with Crippen LogP contribution in [0.15, 0.2) is 0 Å². The predicted octanol–water partition coefficient (Wildman–Crippen LogP) is 0.360. The molecule has 1 radical (unpaired) electrons. The van der Waals surface area contributed by atoms with Gasteiger partial charge >= 0.3 is 0 Å². The largest absolute Gasteiger partial charge is 0.393 e. The van der Waals surface area contributed by atoms with E-state index in [1.807, 2.05) is 0 Å². The molecular weight excluding hydrogens is 104 g/mol. The topological polar surface area (TPSA) is 32.8 Å². The minimum absolute atomic E-state index is 0.248. The molecule has 0 aromatic rings. The van der Waals surface area contributed by atoms with Crippen molar-refractivity contribution in [1.29, 1.82) is 0 Å². The molecular formula is C6H11O2. The zero-order valence-electron chi connectivity index (χ0n) is 4.84. The molecule has 47 valence electrons. The Kier molecular flexibility index (Phi) is 1.86. The van der Waals surface area contributed by atoms with Crippen LogP contribution >= 0.6 is 0 Å². The van der Waals surface area contributed by atoms with Gasteiger partial charge in [0.05, 0.1) is 18.8 Å². The lowest BCUT2D eigenvalue weighted by Gasteiger charge is -2.01. The maximum atomic E-state index is 8.93. The number of aliphatic hydroxyl groups is 1. The lowest BCUT2D eigenvalue weighted by atomic mass is 10.2. The molecule has 0 saturated carbocycles. The molecule has 1 N–H and O–H groups in total. The van der Waals surface area contributed by atoms with Crippen LogP contribution in [0.2, 0.25) is 0 Å². The highest BCUT2D eigenvalue weighted by atomic mass is 16.6. The first-order chi connectivity index (χ1) is 3.83. The highest BCUT2D eigenvalue weighted by molar-refractivity contribution is 4.73. The summed E-state index contributed by atoms with van der Waals surface area (Å²) in [6.07, 6.45) is 1.46. The van der Waals surface area contributed by atoms with Crippen molar-refractivity contribution in [2.75, 3.05) is 6.61 Å². The van der Waals surface area contributed by atoms with E-state index < -0.39 is 0 Å². The number of epoxide rings is 1.